The molecule has 2 saturated heterocycles. The molecule has 2 aliphatic rings. The number of carbonyl (C=O) groups excluding carboxylic acids is 3. The van der Waals surface area contributed by atoms with Crippen LogP contribution in [-0.4, -0.2) is 62.2 Å². The molecule has 0 N–H and O–H groups in total. The smallest absolute Gasteiger partial charge is 0.418 e. The fraction of sp³-hybridized carbons (Fsp3) is 0.647. The van der Waals surface area contributed by atoms with Crippen molar-refractivity contribution in [2.45, 2.75) is 57.7 Å². The standard InChI is InChI=1S/C17H24N4O4/c1-17(2)15(23)21(16(24)25-17)12-14(22)20-10-4-3-6-13(20)7-11-19-9-5-8-18-19/h5,8-9,13H,3-4,6-7,10-12H2,1-2H3/t13-/m1/s1. The summed E-state index contributed by atoms with van der Waals surface area (Å²) in [6, 6.07) is 1.98. The second-order valence-corrected chi connectivity index (χ2v) is 7.06. The summed E-state index contributed by atoms with van der Waals surface area (Å²) >= 11 is 0. The zero-order valence-corrected chi connectivity index (χ0v) is 14.7. The monoisotopic (exact) mass is 348 g/mol. The van der Waals surface area contributed by atoms with Crippen LogP contribution >= 0.6 is 0 Å². The molecule has 1 aromatic heterocycles. The molecule has 136 valence electrons. The van der Waals surface area contributed by atoms with E-state index < -0.39 is 17.6 Å². The lowest BCUT2D eigenvalue weighted by Gasteiger charge is -2.36. The van der Waals surface area contributed by atoms with Crippen molar-refractivity contribution in [2.75, 3.05) is 13.1 Å². The molecule has 25 heavy (non-hydrogen) atoms. The Morgan fingerprint density at radius 1 is 1.36 bits per heavy atom. The number of hydrogen-bond donors (Lipinski definition) is 0. The minimum absolute atomic E-state index is 0.104. The third-order valence-electron chi connectivity index (χ3n) is 4.81. The third-order valence-corrected chi connectivity index (χ3v) is 4.81. The highest BCUT2D eigenvalue weighted by molar-refractivity contribution is 6.04. The fourth-order valence-electron chi connectivity index (χ4n) is 3.43. The summed E-state index contributed by atoms with van der Waals surface area (Å²) in [7, 11) is 0. The lowest BCUT2D eigenvalue weighted by molar-refractivity contribution is -0.142. The lowest BCUT2D eigenvalue weighted by atomic mass is 9.99. The van der Waals surface area contributed by atoms with Crippen molar-refractivity contribution in [1.82, 2.24) is 19.6 Å². The first-order valence-corrected chi connectivity index (χ1v) is 8.70. The molecule has 0 aromatic carbocycles. The molecule has 2 fully saturated rings. The van der Waals surface area contributed by atoms with E-state index in [-0.39, 0.29) is 18.5 Å². The van der Waals surface area contributed by atoms with Gasteiger partial charge in [-0.15, -0.1) is 0 Å². The van der Waals surface area contributed by atoms with Crippen LogP contribution in [0.5, 0.6) is 0 Å². The van der Waals surface area contributed by atoms with Gasteiger partial charge in [-0.1, -0.05) is 0 Å². The SMILES string of the molecule is CC1(C)OC(=O)N(CC(=O)N2CCCC[C@@H]2CCn2cccn2)C1=O. The molecule has 0 unspecified atom stereocenters. The Hall–Kier alpha value is -2.38. The van der Waals surface area contributed by atoms with Crippen LogP contribution in [0.2, 0.25) is 0 Å². The van der Waals surface area contributed by atoms with E-state index in [1.807, 2.05) is 16.9 Å². The number of ether oxygens (including phenoxy) is 1. The molecule has 0 saturated carbocycles. The number of nitrogens with zero attached hydrogens (tertiary/aromatic N) is 4. The van der Waals surface area contributed by atoms with E-state index in [9.17, 15) is 14.4 Å². The average Bonchev–Trinajstić information content (AvgIpc) is 3.15. The van der Waals surface area contributed by atoms with Crippen LogP contribution in [0.3, 0.4) is 0 Å². The van der Waals surface area contributed by atoms with Crippen molar-refractivity contribution in [2.24, 2.45) is 0 Å². The van der Waals surface area contributed by atoms with Crippen molar-refractivity contribution in [1.29, 1.82) is 0 Å². The summed E-state index contributed by atoms with van der Waals surface area (Å²) in [4.78, 5) is 39.6. The second kappa shape index (κ2) is 6.85. The molecule has 1 atom stereocenters. The minimum atomic E-state index is -1.20. The molecule has 8 heteroatoms. The predicted molar refractivity (Wildman–Crippen MR) is 88.5 cm³/mol. The molecule has 0 radical (unpaired) electrons. The molecule has 3 rings (SSSR count). The van der Waals surface area contributed by atoms with Gasteiger partial charge in [0.25, 0.3) is 5.91 Å². The highest BCUT2D eigenvalue weighted by Gasteiger charge is 2.48. The van der Waals surface area contributed by atoms with E-state index in [1.165, 1.54) is 13.8 Å². The van der Waals surface area contributed by atoms with Crippen LogP contribution in [-0.2, 0) is 20.9 Å². The molecular weight excluding hydrogens is 324 g/mol. The van der Waals surface area contributed by atoms with Gasteiger partial charge in [-0.25, -0.2) is 9.69 Å². The maximum atomic E-state index is 12.7. The highest BCUT2D eigenvalue weighted by Crippen LogP contribution is 2.25. The van der Waals surface area contributed by atoms with Crippen molar-refractivity contribution in [3.63, 3.8) is 0 Å². The van der Waals surface area contributed by atoms with E-state index in [0.29, 0.717) is 6.54 Å². The van der Waals surface area contributed by atoms with Crippen molar-refractivity contribution < 1.29 is 19.1 Å². The van der Waals surface area contributed by atoms with Crippen LogP contribution in [0.15, 0.2) is 18.5 Å². The highest BCUT2D eigenvalue weighted by atomic mass is 16.6. The van der Waals surface area contributed by atoms with Gasteiger partial charge in [0, 0.05) is 31.5 Å². The summed E-state index contributed by atoms with van der Waals surface area (Å²) in [6.45, 7) is 4.21. The number of carbonyl (C=O) groups is 3. The largest absolute Gasteiger partial charge is 0.433 e. The maximum absolute atomic E-state index is 12.7. The van der Waals surface area contributed by atoms with E-state index in [4.69, 9.17) is 4.74 Å². The van der Waals surface area contributed by atoms with Gasteiger partial charge in [0.2, 0.25) is 5.91 Å². The fourth-order valence-corrected chi connectivity index (χ4v) is 3.43. The van der Waals surface area contributed by atoms with E-state index in [0.717, 1.165) is 37.1 Å². The number of imide groups is 1. The van der Waals surface area contributed by atoms with Crippen LogP contribution in [0, 0.1) is 0 Å². The molecule has 1 aromatic rings. The first kappa shape index (κ1) is 17.4. The Labute approximate surface area is 146 Å². The Balaban J connectivity index is 1.62. The summed E-state index contributed by atoms with van der Waals surface area (Å²) in [5.41, 5.74) is -1.20. The Bertz CT molecular complexity index is 656. The quantitative estimate of drug-likeness (QED) is 0.803. The number of aryl methyl sites for hydroxylation is 1. The number of hydrogen-bond acceptors (Lipinski definition) is 5. The third kappa shape index (κ3) is 3.67. The normalized spacial score (nSPS) is 23.0. The Kier molecular flexibility index (Phi) is 4.78. The van der Waals surface area contributed by atoms with Gasteiger partial charge in [-0.2, -0.15) is 5.10 Å². The first-order valence-electron chi connectivity index (χ1n) is 8.70. The molecule has 0 aliphatic carbocycles. The van der Waals surface area contributed by atoms with Crippen molar-refractivity contribution in [3.05, 3.63) is 18.5 Å². The minimum Gasteiger partial charge on any atom is -0.433 e. The van der Waals surface area contributed by atoms with E-state index >= 15 is 0 Å². The number of likely N-dealkylation sites (tertiary alicyclic amines) is 1. The van der Waals surface area contributed by atoms with Crippen LogP contribution in [0.25, 0.3) is 0 Å². The van der Waals surface area contributed by atoms with Crippen molar-refractivity contribution >= 4 is 17.9 Å². The van der Waals surface area contributed by atoms with E-state index in [1.54, 1.807) is 11.1 Å². The van der Waals surface area contributed by atoms with Crippen LogP contribution in [0.1, 0.15) is 39.5 Å². The summed E-state index contributed by atoms with van der Waals surface area (Å²) in [5.74, 6) is -0.663. The van der Waals surface area contributed by atoms with Gasteiger partial charge in [0.15, 0.2) is 5.60 Å². The number of aromatic nitrogens is 2. The van der Waals surface area contributed by atoms with Gasteiger partial charge in [0.05, 0.1) is 0 Å². The van der Waals surface area contributed by atoms with Crippen LogP contribution < -0.4 is 0 Å². The summed E-state index contributed by atoms with van der Waals surface area (Å²) < 4.78 is 6.89. The van der Waals surface area contributed by atoms with E-state index in [2.05, 4.69) is 5.10 Å². The molecule has 3 heterocycles. The average molecular weight is 348 g/mol. The molecule has 2 aliphatic heterocycles. The zero-order chi connectivity index (χ0) is 18.0. The van der Waals surface area contributed by atoms with Gasteiger partial charge in [-0.3, -0.25) is 14.3 Å². The maximum Gasteiger partial charge on any atom is 0.418 e. The predicted octanol–water partition coefficient (Wildman–Crippen LogP) is 1.41. The molecular formula is C17H24N4O4. The summed E-state index contributed by atoms with van der Waals surface area (Å²) in [5, 5.41) is 4.19. The first-order chi connectivity index (χ1) is 11.9. The van der Waals surface area contributed by atoms with Gasteiger partial charge < -0.3 is 9.64 Å². The molecule has 0 bridgehead atoms. The number of piperidine rings is 1. The molecule has 8 nitrogen and oxygen atoms in total. The van der Waals surface area contributed by atoms with Crippen LogP contribution in [0.4, 0.5) is 4.79 Å². The lowest BCUT2D eigenvalue weighted by Crippen LogP contribution is -2.50. The summed E-state index contributed by atoms with van der Waals surface area (Å²) in [6.07, 6.45) is 6.63. The zero-order valence-electron chi connectivity index (χ0n) is 14.7. The van der Waals surface area contributed by atoms with Gasteiger partial charge in [-0.05, 0) is 45.6 Å². The Morgan fingerprint density at radius 2 is 2.16 bits per heavy atom. The van der Waals surface area contributed by atoms with Gasteiger partial charge in [0.1, 0.15) is 6.54 Å². The topological polar surface area (TPSA) is 84.7 Å². The molecule has 3 amide bonds. The Morgan fingerprint density at radius 3 is 2.80 bits per heavy atom. The number of rotatable bonds is 5. The molecule has 0 spiro atoms. The number of cyclic esters (lactones) is 1. The second-order valence-electron chi connectivity index (χ2n) is 7.06. The van der Waals surface area contributed by atoms with Crippen molar-refractivity contribution in [3.8, 4) is 0 Å². The number of amides is 3. The van der Waals surface area contributed by atoms with Gasteiger partial charge >= 0.3 is 6.09 Å².